The smallest absolute Gasteiger partial charge is 0.123 e. The first-order chi connectivity index (χ1) is 6.01. The molecule has 0 spiro atoms. The van der Waals surface area contributed by atoms with Gasteiger partial charge in [-0.25, -0.2) is 0 Å². The fourth-order valence-corrected chi connectivity index (χ4v) is 2.48. The third-order valence-electron chi connectivity index (χ3n) is 3.39. The molecule has 2 aliphatic heterocycles. The molecule has 13 heavy (non-hydrogen) atoms. The first-order valence-electron chi connectivity index (χ1n) is 4.85. The summed E-state index contributed by atoms with van der Waals surface area (Å²) < 4.78 is 17.1. The third-order valence-corrected chi connectivity index (χ3v) is 3.39. The van der Waals surface area contributed by atoms with Gasteiger partial charge in [0.2, 0.25) is 0 Å². The second-order valence-electron chi connectivity index (χ2n) is 4.62. The second kappa shape index (κ2) is 2.69. The Kier molecular flexibility index (Phi) is 1.95. The van der Waals surface area contributed by atoms with Gasteiger partial charge < -0.3 is 14.2 Å². The van der Waals surface area contributed by atoms with E-state index in [9.17, 15) is 0 Å². The Balaban J connectivity index is 2.23. The molecule has 0 amide bonds. The standard InChI is InChI=1S/C10H18O3/c1-7-8-5-10(12-7,6-11-4)9(2,3)13-8/h7-8H,5-6H2,1-4H3/t7-,8+,10-/m0/s1. The second-order valence-corrected chi connectivity index (χ2v) is 4.62. The third kappa shape index (κ3) is 1.14. The Morgan fingerprint density at radius 1 is 1.38 bits per heavy atom. The van der Waals surface area contributed by atoms with Crippen LogP contribution in [0.5, 0.6) is 0 Å². The Bertz CT molecular complexity index is 210. The Morgan fingerprint density at radius 2 is 2.08 bits per heavy atom. The van der Waals surface area contributed by atoms with Crippen LogP contribution in [0.25, 0.3) is 0 Å². The number of ether oxygens (including phenoxy) is 3. The van der Waals surface area contributed by atoms with E-state index in [2.05, 4.69) is 20.8 Å². The molecule has 2 aliphatic rings. The zero-order chi connectivity index (χ0) is 9.69. The maximum absolute atomic E-state index is 5.95. The molecular weight excluding hydrogens is 168 g/mol. The van der Waals surface area contributed by atoms with Crippen molar-refractivity contribution in [3.63, 3.8) is 0 Å². The van der Waals surface area contributed by atoms with Gasteiger partial charge in [0.1, 0.15) is 5.60 Å². The molecule has 0 aromatic heterocycles. The Labute approximate surface area is 79.4 Å². The Morgan fingerprint density at radius 3 is 2.54 bits per heavy atom. The van der Waals surface area contributed by atoms with Crippen molar-refractivity contribution >= 4 is 0 Å². The van der Waals surface area contributed by atoms with Gasteiger partial charge in [0.25, 0.3) is 0 Å². The molecule has 2 fully saturated rings. The molecule has 0 unspecified atom stereocenters. The molecule has 76 valence electrons. The average molecular weight is 186 g/mol. The fourth-order valence-electron chi connectivity index (χ4n) is 2.48. The molecule has 0 saturated carbocycles. The van der Waals surface area contributed by atoms with E-state index in [0.717, 1.165) is 6.42 Å². The lowest BCUT2D eigenvalue weighted by molar-refractivity contribution is -0.233. The number of rotatable bonds is 2. The van der Waals surface area contributed by atoms with Crippen LogP contribution >= 0.6 is 0 Å². The van der Waals surface area contributed by atoms with Crippen LogP contribution in [0.4, 0.5) is 0 Å². The highest BCUT2D eigenvalue weighted by molar-refractivity contribution is 5.10. The largest absolute Gasteiger partial charge is 0.382 e. The van der Waals surface area contributed by atoms with Gasteiger partial charge in [-0.2, -0.15) is 0 Å². The van der Waals surface area contributed by atoms with E-state index >= 15 is 0 Å². The van der Waals surface area contributed by atoms with E-state index in [1.165, 1.54) is 0 Å². The van der Waals surface area contributed by atoms with Gasteiger partial charge in [0, 0.05) is 13.5 Å². The summed E-state index contributed by atoms with van der Waals surface area (Å²) in [7, 11) is 1.71. The van der Waals surface area contributed by atoms with Gasteiger partial charge in [0.05, 0.1) is 24.4 Å². The summed E-state index contributed by atoms with van der Waals surface area (Å²) in [4.78, 5) is 0. The van der Waals surface area contributed by atoms with Crippen LogP contribution in [0.3, 0.4) is 0 Å². The first kappa shape index (κ1) is 9.44. The molecule has 0 radical (unpaired) electrons. The number of hydrogen-bond acceptors (Lipinski definition) is 3. The number of fused-ring (bicyclic) bond motifs is 2. The highest BCUT2D eigenvalue weighted by atomic mass is 16.6. The van der Waals surface area contributed by atoms with Crippen molar-refractivity contribution in [3.8, 4) is 0 Å². The van der Waals surface area contributed by atoms with Gasteiger partial charge in [-0.15, -0.1) is 0 Å². The van der Waals surface area contributed by atoms with Crippen molar-refractivity contribution < 1.29 is 14.2 Å². The summed E-state index contributed by atoms with van der Waals surface area (Å²) >= 11 is 0. The number of hydrogen-bond donors (Lipinski definition) is 0. The monoisotopic (exact) mass is 186 g/mol. The van der Waals surface area contributed by atoms with Crippen LogP contribution in [0.1, 0.15) is 27.2 Å². The molecular formula is C10H18O3. The van der Waals surface area contributed by atoms with Crippen LogP contribution in [-0.2, 0) is 14.2 Å². The summed E-state index contributed by atoms with van der Waals surface area (Å²) in [5.74, 6) is 0. The zero-order valence-electron chi connectivity index (χ0n) is 8.79. The fraction of sp³-hybridized carbons (Fsp3) is 1.00. The molecule has 0 aromatic carbocycles. The lowest BCUT2D eigenvalue weighted by atomic mass is 9.86. The summed E-state index contributed by atoms with van der Waals surface area (Å²) in [6.07, 6.45) is 1.43. The molecule has 2 bridgehead atoms. The SMILES string of the molecule is COC[C@@]12C[C@@H](OC1(C)C)[C@H](C)O2. The topological polar surface area (TPSA) is 27.7 Å². The first-order valence-corrected chi connectivity index (χ1v) is 4.85. The van der Waals surface area contributed by atoms with E-state index in [0.29, 0.717) is 6.61 Å². The maximum atomic E-state index is 5.95. The van der Waals surface area contributed by atoms with Crippen molar-refractivity contribution in [3.05, 3.63) is 0 Å². The number of methoxy groups -OCH3 is 1. The molecule has 3 nitrogen and oxygen atoms in total. The van der Waals surface area contributed by atoms with E-state index in [1.807, 2.05) is 0 Å². The molecule has 2 heterocycles. The Hall–Kier alpha value is -0.120. The normalized spacial score (nSPS) is 47.1. The molecule has 0 N–H and O–H groups in total. The minimum atomic E-state index is -0.216. The van der Waals surface area contributed by atoms with Crippen molar-refractivity contribution in [2.24, 2.45) is 0 Å². The van der Waals surface area contributed by atoms with Crippen molar-refractivity contribution in [1.29, 1.82) is 0 Å². The molecule has 0 aliphatic carbocycles. The predicted molar refractivity (Wildman–Crippen MR) is 48.7 cm³/mol. The van der Waals surface area contributed by atoms with Crippen molar-refractivity contribution in [1.82, 2.24) is 0 Å². The van der Waals surface area contributed by atoms with E-state index < -0.39 is 0 Å². The lowest BCUT2D eigenvalue weighted by Gasteiger charge is -2.42. The molecule has 2 rings (SSSR count). The van der Waals surface area contributed by atoms with Crippen LogP contribution < -0.4 is 0 Å². The summed E-state index contributed by atoms with van der Waals surface area (Å²) in [6, 6.07) is 0. The van der Waals surface area contributed by atoms with Crippen molar-refractivity contribution in [2.45, 2.75) is 50.6 Å². The van der Waals surface area contributed by atoms with Crippen LogP contribution in [0.15, 0.2) is 0 Å². The zero-order valence-corrected chi connectivity index (χ0v) is 8.79. The van der Waals surface area contributed by atoms with E-state index in [-0.39, 0.29) is 23.4 Å². The summed E-state index contributed by atoms with van der Waals surface area (Å²) in [5, 5.41) is 0. The van der Waals surface area contributed by atoms with Gasteiger partial charge in [-0.05, 0) is 20.8 Å². The quantitative estimate of drug-likeness (QED) is 0.651. The molecule has 3 heteroatoms. The van der Waals surface area contributed by atoms with Gasteiger partial charge in [-0.3, -0.25) is 0 Å². The molecule has 2 saturated heterocycles. The summed E-state index contributed by atoms with van der Waals surface area (Å²) in [6.45, 7) is 6.86. The highest BCUT2D eigenvalue weighted by Crippen LogP contribution is 2.50. The van der Waals surface area contributed by atoms with E-state index in [1.54, 1.807) is 7.11 Å². The van der Waals surface area contributed by atoms with Gasteiger partial charge >= 0.3 is 0 Å². The average Bonchev–Trinajstić information content (AvgIpc) is 2.39. The van der Waals surface area contributed by atoms with Gasteiger partial charge in [-0.1, -0.05) is 0 Å². The maximum Gasteiger partial charge on any atom is 0.123 e. The van der Waals surface area contributed by atoms with Crippen LogP contribution in [0, 0.1) is 0 Å². The van der Waals surface area contributed by atoms with E-state index in [4.69, 9.17) is 14.2 Å². The lowest BCUT2D eigenvalue weighted by Crippen LogP contribution is -2.54. The molecule has 3 atom stereocenters. The van der Waals surface area contributed by atoms with Gasteiger partial charge in [0.15, 0.2) is 0 Å². The minimum absolute atomic E-state index is 0.208. The van der Waals surface area contributed by atoms with Crippen LogP contribution in [0.2, 0.25) is 0 Å². The predicted octanol–water partition coefficient (Wildman–Crippen LogP) is 1.36. The van der Waals surface area contributed by atoms with Crippen molar-refractivity contribution in [2.75, 3.05) is 13.7 Å². The summed E-state index contributed by atoms with van der Waals surface area (Å²) in [5.41, 5.74) is -0.425. The minimum Gasteiger partial charge on any atom is -0.382 e. The highest BCUT2D eigenvalue weighted by Gasteiger charge is 2.62. The molecule has 0 aromatic rings. The van der Waals surface area contributed by atoms with Crippen LogP contribution in [-0.4, -0.2) is 37.1 Å².